The van der Waals surface area contributed by atoms with Gasteiger partial charge in [0.25, 0.3) is 0 Å². The molecule has 0 spiro atoms. The van der Waals surface area contributed by atoms with Gasteiger partial charge in [0.1, 0.15) is 0 Å². The van der Waals surface area contributed by atoms with Gasteiger partial charge in [-0.1, -0.05) is 26.2 Å². The molecule has 0 unspecified atom stereocenters. The number of hydrogen-bond donors (Lipinski definition) is 1. The van der Waals surface area contributed by atoms with Crippen molar-refractivity contribution in [2.75, 3.05) is 26.2 Å². The zero-order valence-corrected chi connectivity index (χ0v) is 10.8. The van der Waals surface area contributed by atoms with E-state index < -0.39 is 5.60 Å². The van der Waals surface area contributed by atoms with E-state index >= 15 is 0 Å². The number of amides is 2. The highest BCUT2D eigenvalue weighted by atomic mass is 16.3. The summed E-state index contributed by atoms with van der Waals surface area (Å²) in [7, 11) is 0. The minimum Gasteiger partial charge on any atom is -0.386 e. The van der Waals surface area contributed by atoms with E-state index in [9.17, 15) is 9.90 Å². The summed E-state index contributed by atoms with van der Waals surface area (Å²) >= 11 is 0. The summed E-state index contributed by atoms with van der Waals surface area (Å²) in [5, 5.41) is 10.1. The van der Waals surface area contributed by atoms with Crippen LogP contribution < -0.4 is 0 Å². The van der Waals surface area contributed by atoms with Gasteiger partial charge in [-0.2, -0.15) is 0 Å². The standard InChI is InChI=1S/C13H24N2O2/c1-2-7-13(17)10-15(11-13)12(16)14-8-5-3-4-6-9-14/h17H,2-11H2,1H3. The maximum Gasteiger partial charge on any atom is 0.320 e. The highest BCUT2D eigenvalue weighted by Crippen LogP contribution is 2.27. The van der Waals surface area contributed by atoms with Crippen molar-refractivity contribution < 1.29 is 9.90 Å². The van der Waals surface area contributed by atoms with Crippen LogP contribution in [0.2, 0.25) is 0 Å². The molecular weight excluding hydrogens is 216 g/mol. The van der Waals surface area contributed by atoms with E-state index in [2.05, 4.69) is 6.92 Å². The maximum absolute atomic E-state index is 12.2. The Labute approximate surface area is 104 Å². The van der Waals surface area contributed by atoms with Crippen LogP contribution in [-0.4, -0.2) is 52.7 Å². The molecule has 2 amide bonds. The lowest BCUT2D eigenvalue weighted by Gasteiger charge is -2.48. The number of hydrogen-bond acceptors (Lipinski definition) is 2. The molecule has 0 atom stereocenters. The van der Waals surface area contributed by atoms with Gasteiger partial charge in [0.05, 0.1) is 18.7 Å². The molecule has 2 heterocycles. The molecule has 0 bridgehead atoms. The van der Waals surface area contributed by atoms with Gasteiger partial charge in [-0.25, -0.2) is 4.79 Å². The summed E-state index contributed by atoms with van der Waals surface area (Å²) in [5.41, 5.74) is -0.601. The average molecular weight is 240 g/mol. The SMILES string of the molecule is CCCC1(O)CN(C(=O)N2CCCCCC2)C1. The fraction of sp³-hybridized carbons (Fsp3) is 0.923. The number of carbonyl (C=O) groups excluding carboxylic acids is 1. The molecule has 98 valence electrons. The summed E-state index contributed by atoms with van der Waals surface area (Å²) < 4.78 is 0. The Morgan fingerprint density at radius 1 is 1.12 bits per heavy atom. The van der Waals surface area contributed by atoms with Crippen LogP contribution in [-0.2, 0) is 0 Å². The fourth-order valence-electron chi connectivity index (χ4n) is 2.88. The number of aliphatic hydroxyl groups is 1. The molecule has 0 saturated carbocycles. The molecule has 2 rings (SSSR count). The van der Waals surface area contributed by atoms with Crippen molar-refractivity contribution in [3.63, 3.8) is 0 Å². The highest BCUT2D eigenvalue weighted by molar-refractivity contribution is 5.75. The zero-order valence-electron chi connectivity index (χ0n) is 10.8. The van der Waals surface area contributed by atoms with Crippen LogP contribution in [0, 0.1) is 0 Å². The third-order valence-corrected chi connectivity index (χ3v) is 3.83. The molecule has 2 aliphatic heterocycles. The number of urea groups is 1. The average Bonchev–Trinajstić information content (AvgIpc) is 2.53. The number of likely N-dealkylation sites (tertiary alicyclic amines) is 2. The van der Waals surface area contributed by atoms with Crippen molar-refractivity contribution in [1.82, 2.24) is 9.80 Å². The predicted molar refractivity (Wildman–Crippen MR) is 66.9 cm³/mol. The van der Waals surface area contributed by atoms with Crippen LogP contribution in [0.25, 0.3) is 0 Å². The summed E-state index contributed by atoms with van der Waals surface area (Å²) in [4.78, 5) is 15.9. The van der Waals surface area contributed by atoms with Gasteiger partial charge in [-0.3, -0.25) is 0 Å². The largest absolute Gasteiger partial charge is 0.386 e. The molecule has 0 aromatic carbocycles. The Morgan fingerprint density at radius 3 is 2.24 bits per heavy atom. The van der Waals surface area contributed by atoms with Gasteiger partial charge < -0.3 is 14.9 Å². The highest BCUT2D eigenvalue weighted by Gasteiger charge is 2.43. The summed E-state index contributed by atoms with van der Waals surface area (Å²) in [5.74, 6) is 0. The minimum atomic E-state index is -0.601. The van der Waals surface area contributed by atoms with Gasteiger partial charge in [-0.15, -0.1) is 0 Å². The molecule has 2 aliphatic rings. The fourth-order valence-corrected chi connectivity index (χ4v) is 2.88. The summed E-state index contributed by atoms with van der Waals surface area (Å²) in [6.07, 6.45) is 6.50. The van der Waals surface area contributed by atoms with Crippen LogP contribution >= 0.6 is 0 Å². The Morgan fingerprint density at radius 2 is 1.71 bits per heavy atom. The third kappa shape index (κ3) is 2.92. The molecule has 4 heteroatoms. The van der Waals surface area contributed by atoms with Crippen LogP contribution in [0.5, 0.6) is 0 Å². The molecular formula is C13H24N2O2. The summed E-state index contributed by atoms with van der Waals surface area (Å²) in [6.45, 7) is 4.90. The lowest BCUT2D eigenvalue weighted by Crippen LogP contribution is -2.65. The van der Waals surface area contributed by atoms with Crippen molar-refractivity contribution >= 4 is 6.03 Å². The van der Waals surface area contributed by atoms with E-state index in [1.807, 2.05) is 4.90 Å². The molecule has 0 aromatic heterocycles. The number of rotatable bonds is 2. The van der Waals surface area contributed by atoms with Crippen molar-refractivity contribution in [3.05, 3.63) is 0 Å². The van der Waals surface area contributed by atoms with Gasteiger partial charge in [-0.05, 0) is 19.3 Å². The minimum absolute atomic E-state index is 0.132. The quantitative estimate of drug-likeness (QED) is 0.800. The molecule has 2 saturated heterocycles. The van der Waals surface area contributed by atoms with E-state index in [1.54, 1.807) is 4.90 Å². The van der Waals surface area contributed by atoms with E-state index in [1.165, 1.54) is 12.8 Å². The van der Waals surface area contributed by atoms with Crippen LogP contribution in [0.15, 0.2) is 0 Å². The molecule has 4 nitrogen and oxygen atoms in total. The topological polar surface area (TPSA) is 43.8 Å². The van der Waals surface area contributed by atoms with Crippen LogP contribution in [0.3, 0.4) is 0 Å². The Hall–Kier alpha value is -0.770. The molecule has 0 aliphatic carbocycles. The summed E-state index contributed by atoms with van der Waals surface area (Å²) in [6, 6.07) is 0.132. The molecule has 0 aromatic rings. The van der Waals surface area contributed by atoms with Gasteiger partial charge in [0.15, 0.2) is 0 Å². The smallest absolute Gasteiger partial charge is 0.320 e. The first-order valence-electron chi connectivity index (χ1n) is 6.91. The van der Waals surface area contributed by atoms with E-state index in [0.717, 1.165) is 38.8 Å². The van der Waals surface area contributed by atoms with Crippen molar-refractivity contribution in [2.24, 2.45) is 0 Å². The van der Waals surface area contributed by atoms with Crippen molar-refractivity contribution in [3.8, 4) is 0 Å². The van der Waals surface area contributed by atoms with Crippen molar-refractivity contribution in [2.45, 2.75) is 51.0 Å². The second-order valence-corrected chi connectivity index (χ2v) is 5.51. The van der Waals surface area contributed by atoms with E-state index in [0.29, 0.717) is 13.1 Å². The predicted octanol–water partition coefficient (Wildman–Crippen LogP) is 1.83. The lowest BCUT2D eigenvalue weighted by molar-refractivity contribution is -0.0863. The van der Waals surface area contributed by atoms with Gasteiger partial charge in [0.2, 0.25) is 0 Å². The van der Waals surface area contributed by atoms with Crippen LogP contribution in [0.1, 0.15) is 45.4 Å². The molecule has 1 N–H and O–H groups in total. The Bertz CT molecular complexity index is 267. The number of nitrogens with zero attached hydrogens (tertiary/aromatic N) is 2. The Kier molecular flexibility index (Phi) is 3.92. The first-order valence-corrected chi connectivity index (χ1v) is 6.91. The zero-order chi connectivity index (χ0) is 12.3. The molecule has 17 heavy (non-hydrogen) atoms. The Balaban J connectivity index is 1.81. The third-order valence-electron chi connectivity index (χ3n) is 3.83. The van der Waals surface area contributed by atoms with Crippen LogP contribution in [0.4, 0.5) is 4.79 Å². The van der Waals surface area contributed by atoms with E-state index in [-0.39, 0.29) is 6.03 Å². The second kappa shape index (κ2) is 5.25. The number of carbonyl (C=O) groups is 1. The number of β-amino-alcohol motifs (C(OH)–C–C–N with tert-alkyl or cyclic N) is 1. The van der Waals surface area contributed by atoms with Gasteiger partial charge >= 0.3 is 6.03 Å². The first-order chi connectivity index (χ1) is 8.14. The first kappa shape index (κ1) is 12.7. The lowest BCUT2D eigenvalue weighted by atomic mass is 9.90. The van der Waals surface area contributed by atoms with Gasteiger partial charge in [0, 0.05) is 13.1 Å². The molecule has 0 radical (unpaired) electrons. The molecule has 2 fully saturated rings. The van der Waals surface area contributed by atoms with Crippen molar-refractivity contribution in [1.29, 1.82) is 0 Å². The normalized spacial score (nSPS) is 24.1. The maximum atomic E-state index is 12.2. The second-order valence-electron chi connectivity index (χ2n) is 5.51. The van der Waals surface area contributed by atoms with E-state index in [4.69, 9.17) is 0 Å². The monoisotopic (exact) mass is 240 g/mol.